The highest BCUT2D eigenvalue weighted by Gasteiger charge is 2.35. The fraction of sp³-hybridized carbons (Fsp3) is 0.0909. The molecule has 0 spiro atoms. The first-order chi connectivity index (χ1) is 13.6. The zero-order valence-corrected chi connectivity index (χ0v) is 18.0. The third-order valence-corrected chi connectivity index (χ3v) is 6.31. The van der Waals surface area contributed by atoms with Gasteiger partial charge in [0.25, 0.3) is 11.1 Å². The molecule has 1 aliphatic rings. The average molecular weight is 501 g/mol. The van der Waals surface area contributed by atoms with Crippen LogP contribution in [-0.2, 0) is 11.3 Å². The zero-order chi connectivity index (χ0) is 19.7. The van der Waals surface area contributed by atoms with Crippen molar-refractivity contribution >= 4 is 62.3 Å². The van der Waals surface area contributed by atoms with Gasteiger partial charge in [0.05, 0.1) is 22.1 Å². The van der Waals surface area contributed by atoms with Gasteiger partial charge in [-0.15, -0.1) is 0 Å². The third-order valence-electron chi connectivity index (χ3n) is 4.56. The first-order valence-corrected chi connectivity index (χ1v) is 10.5. The number of fused-ring (bicyclic) bond motifs is 1. The van der Waals surface area contributed by atoms with Crippen molar-refractivity contribution in [1.29, 1.82) is 0 Å². The molecular weight excluding hydrogens is 485 g/mol. The first-order valence-electron chi connectivity index (χ1n) is 8.62. The third kappa shape index (κ3) is 3.66. The normalized spacial score (nSPS) is 15.6. The van der Waals surface area contributed by atoms with E-state index in [1.165, 1.54) is 4.90 Å². The van der Waals surface area contributed by atoms with E-state index in [4.69, 9.17) is 4.74 Å². The molecule has 0 aliphatic carbocycles. The number of hydrogen-bond acceptors (Lipinski definition) is 4. The summed E-state index contributed by atoms with van der Waals surface area (Å²) in [6.07, 6.45) is 1.76. The van der Waals surface area contributed by atoms with Gasteiger partial charge in [-0.2, -0.15) is 0 Å². The molecule has 1 fully saturated rings. The second-order valence-electron chi connectivity index (χ2n) is 6.30. The summed E-state index contributed by atoms with van der Waals surface area (Å²) in [6.45, 7) is 0.267. The van der Waals surface area contributed by atoms with Crippen LogP contribution in [0.25, 0.3) is 16.8 Å². The molecule has 0 N–H and O–H groups in total. The summed E-state index contributed by atoms with van der Waals surface area (Å²) in [5.41, 5.74) is 1.82. The molecule has 0 bridgehead atoms. The number of benzene rings is 3. The Morgan fingerprint density at radius 2 is 1.86 bits per heavy atom. The minimum absolute atomic E-state index is 0.243. The summed E-state index contributed by atoms with van der Waals surface area (Å²) >= 11 is 3.17. The lowest BCUT2D eigenvalue weighted by molar-refractivity contribution is -0.123. The molecule has 1 heterocycles. The van der Waals surface area contributed by atoms with Gasteiger partial charge in [0.15, 0.2) is 0 Å². The molecule has 0 radical (unpaired) electrons. The number of rotatable bonds is 4. The molecule has 28 heavy (non-hydrogen) atoms. The van der Waals surface area contributed by atoms with Gasteiger partial charge in [-0.1, -0.05) is 48.5 Å². The quantitative estimate of drug-likeness (QED) is 0.341. The summed E-state index contributed by atoms with van der Waals surface area (Å²) in [5, 5.41) is 1.90. The largest absolute Gasteiger partial charge is 0.496 e. The van der Waals surface area contributed by atoms with Crippen LogP contribution < -0.4 is 4.74 Å². The minimum Gasteiger partial charge on any atom is -0.496 e. The van der Waals surface area contributed by atoms with Crippen molar-refractivity contribution in [1.82, 2.24) is 4.90 Å². The summed E-state index contributed by atoms with van der Waals surface area (Å²) in [4.78, 5) is 27.1. The van der Waals surface area contributed by atoms with Gasteiger partial charge in [0.1, 0.15) is 5.75 Å². The Morgan fingerprint density at radius 1 is 1.07 bits per heavy atom. The van der Waals surface area contributed by atoms with Crippen molar-refractivity contribution in [3.63, 3.8) is 0 Å². The van der Waals surface area contributed by atoms with Crippen LogP contribution in [0, 0.1) is 3.57 Å². The number of nitrogens with zero attached hydrogens (tertiary/aromatic N) is 1. The monoisotopic (exact) mass is 501 g/mol. The van der Waals surface area contributed by atoms with Crippen LogP contribution in [0.1, 0.15) is 11.1 Å². The summed E-state index contributed by atoms with van der Waals surface area (Å²) < 4.78 is 6.21. The first kappa shape index (κ1) is 19.0. The topological polar surface area (TPSA) is 46.6 Å². The number of methoxy groups -OCH3 is 1. The van der Waals surface area contributed by atoms with Crippen molar-refractivity contribution in [3.8, 4) is 5.75 Å². The number of halogens is 1. The maximum Gasteiger partial charge on any atom is 0.293 e. The van der Waals surface area contributed by atoms with Crippen LogP contribution in [0.15, 0.2) is 65.6 Å². The van der Waals surface area contributed by atoms with E-state index >= 15 is 0 Å². The highest BCUT2D eigenvalue weighted by molar-refractivity contribution is 14.1. The molecule has 4 rings (SSSR count). The predicted octanol–water partition coefficient (Wildman–Crippen LogP) is 5.69. The Balaban J connectivity index is 1.61. The van der Waals surface area contributed by atoms with Crippen molar-refractivity contribution in [2.45, 2.75) is 6.54 Å². The van der Waals surface area contributed by atoms with Gasteiger partial charge < -0.3 is 4.74 Å². The number of thioether (sulfide) groups is 1. The maximum absolute atomic E-state index is 12.9. The zero-order valence-electron chi connectivity index (χ0n) is 15.0. The van der Waals surface area contributed by atoms with Crippen molar-refractivity contribution in [2.24, 2.45) is 0 Å². The van der Waals surface area contributed by atoms with Gasteiger partial charge in [-0.3, -0.25) is 14.5 Å². The van der Waals surface area contributed by atoms with Gasteiger partial charge in [0, 0.05) is 0 Å². The molecule has 3 aromatic rings. The standard InChI is InChI=1S/C22H16INO3S/c1-27-19-10-9-14(11-18(19)23)12-20-21(25)24(22(26)28-20)13-16-7-4-6-15-5-2-3-8-17(15)16/h2-12H,13H2,1H3/b20-12-. The van der Waals surface area contributed by atoms with Gasteiger partial charge >= 0.3 is 0 Å². The minimum atomic E-state index is -0.256. The summed E-state index contributed by atoms with van der Waals surface area (Å²) in [6, 6.07) is 19.6. The van der Waals surface area contributed by atoms with E-state index in [-0.39, 0.29) is 17.7 Å². The van der Waals surface area contributed by atoms with Gasteiger partial charge in [-0.25, -0.2) is 0 Å². The maximum atomic E-state index is 12.9. The Kier molecular flexibility index (Phi) is 5.41. The molecule has 0 atom stereocenters. The molecule has 6 heteroatoms. The van der Waals surface area contributed by atoms with E-state index in [0.717, 1.165) is 43.0 Å². The molecular formula is C22H16INO3S. The van der Waals surface area contributed by atoms with Crippen LogP contribution >= 0.6 is 34.4 Å². The predicted molar refractivity (Wildman–Crippen MR) is 121 cm³/mol. The summed E-state index contributed by atoms with van der Waals surface area (Å²) in [7, 11) is 1.62. The Bertz CT molecular complexity index is 1120. The van der Waals surface area contributed by atoms with E-state index in [9.17, 15) is 9.59 Å². The van der Waals surface area contributed by atoms with Crippen LogP contribution in [0.2, 0.25) is 0 Å². The lowest BCUT2D eigenvalue weighted by Crippen LogP contribution is -2.27. The molecule has 2 amide bonds. The fourth-order valence-electron chi connectivity index (χ4n) is 3.16. The fourth-order valence-corrected chi connectivity index (χ4v) is 4.76. The number of amides is 2. The SMILES string of the molecule is COc1ccc(/C=C2\SC(=O)N(Cc3cccc4ccccc34)C2=O)cc1I. The number of hydrogen-bond donors (Lipinski definition) is 0. The van der Waals surface area contributed by atoms with Gasteiger partial charge in [-0.05, 0) is 74.5 Å². The average Bonchev–Trinajstić information content (AvgIpc) is 2.96. The van der Waals surface area contributed by atoms with Gasteiger partial charge in [0.2, 0.25) is 0 Å². The second kappa shape index (κ2) is 7.97. The molecule has 0 saturated carbocycles. The van der Waals surface area contributed by atoms with Crippen LogP contribution in [-0.4, -0.2) is 23.2 Å². The van der Waals surface area contributed by atoms with Crippen molar-refractivity contribution in [3.05, 3.63) is 80.3 Å². The van der Waals surface area contributed by atoms with Crippen LogP contribution in [0.4, 0.5) is 4.79 Å². The molecule has 0 unspecified atom stereocenters. The molecule has 140 valence electrons. The van der Waals surface area contributed by atoms with Crippen LogP contribution in [0.3, 0.4) is 0 Å². The van der Waals surface area contributed by atoms with Crippen LogP contribution in [0.5, 0.6) is 5.75 Å². The molecule has 3 aromatic carbocycles. The van der Waals surface area contributed by atoms with E-state index in [1.54, 1.807) is 13.2 Å². The highest BCUT2D eigenvalue weighted by Crippen LogP contribution is 2.35. The van der Waals surface area contributed by atoms with E-state index < -0.39 is 0 Å². The molecule has 1 saturated heterocycles. The molecule has 4 nitrogen and oxygen atoms in total. The van der Waals surface area contributed by atoms with E-state index in [0.29, 0.717) is 4.91 Å². The molecule has 0 aromatic heterocycles. The molecule has 1 aliphatic heterocycles. The lowest BCUT2D eigenvalue weighted by Gasteiger charge is -2.14. The number of carbonyl (C=O) groups is 2. The number of ether oxygens (including phenoxy) is 1. The summed E-state index contributed by atoms with van der Waals surface area (Å²) in [5.74, 6) is 0.524. The lowest BCUT2D eigenvalue weighted by atomic mass is 10.0. The Labute approximate surface area is 180 Å². The number of carbonyl (C=O) groups excluding carboxylic acids is 2. The second-order valence-corrected chi connectivity index (χ2v) is 8.46. The van der Waals surface area contributed by atoms with Crippen molar-refractivity contribution in [2.75, 3.05) is 7.11 Å². The van der Waals surface area contributed by atoms with Crippen molar-refractivity contribution < 1.29 is 14.3 Å². The highest BCUT2D eigenvalue weighted by atomic mass is 127. The smallest absolute Gasteiger partial charge is 0.293 e. The van der Waals surface area contributed by atoms with E-state index in [1.807, 2.05) is 60.7 Å². The Hall–Kier alpha value is -2.32. The van der Waals surface area contributed by atoms with E-state index in [2.05, 4.69) is 22.6 Å². The Morgan fingerprint density at radius 3 is 2.64 bits per heavy atom. The number of imide groups is 1.